The van der Waals surface area contributed by atoms with Crippen LogP contribution in [0.25, 0.3) is 0 Å². The number of aliphatic carboxylic acids is 1. The number of amides is 1. The second-order valence-corrected chi connectivity index (χ2v) is 6.29. The molecule has 0 aliphatic heterocycles. The maximum atomic E-state index is 12.1. The predicted molar refractivity (Wildman–Crippen MR) is 76.2 cm³/mol. The highest BCUT2D eigenvalue weighted by Gasteiger charge is 2.34. The monoisotopic (exact) mass is 275 g/mol. The Balaban J connectivity index is 2.07. The van der Waals surface area contributed by atoms with E-state index in [4.69, 9.17) is 5.11 Å². The first-order chi connectivity index (χ1) is 9.31. The van der Waals surface area contributed by atoms with Crippen LogP contribution in [0.3, 0.4) is 0 Å². The van der Waals surface area contributed by atoms with Crippen LogP contribution in [-0.4, -0.2) is 17.0 Å². The maximum Gasteiger partial charge on any atom is 0.309 e. The summed E-state index contributed by atoms with van der Waals surface area (Å²) in [5.41, 5.74) is 1.38. The minimum atomic E-state index is -1.04. The molecule has 0 heterocycles. The SMILES string of the molecule is C[C@H]1Cc2ccccc2[C@H]1NC(=O)CC(C)(C)C(=O)O. The van der Waals surface area contributed by atoms with E-state index in [2.05, 4.69) is 18.3 Å². The van der Waals surface area contributed by atoms with E-state index in [1.807, 2.05) is 18.2 Å². The van der Waals surface area contributed by atoms with Crippen molar-refractivity contribution in [2.24, 2.45) is 11.3 Å². The normalized spacial score (nSPS) is 21.4. The Kier molecular flexibility index (Phi) is 3.84. The van der Waals surface area contributed by atoms with E-state index in [0.717, 1.165) is 12.0 Å². The van der Waals surface area contributed by atoms with Gasteiger partial charge < -0.3 is 10.4 Å². The Morgan fingerprint density at radius 1 is 1.35 bits per heavy atom. The number of carboxylic acid groups (broad SMARTS) is 1. The molecular formula is C16H21NO3. The number of carbonyl (C=O) groups excluding carboxylic acids is 1. The van der Waals surface area contributed by atoms with Crippen molar-refractivity contribution >= 4 is 11.9 Å². The van der Waals surface area contributed by atoms with Gasteiger partial charge in [-0.1, -0.05) is 31.2 Å². The molecule has 4 nitrogen and oxygen atoms in total. The zero-order valence-electron chi connectivity index (χ0n) is 12.1. The quantitative estimate of drug-likeness (QED) is 0.887. The van der Waals surface area contributed by atoms with E-state index in [1.165, 1.54) is 5.56 Å². The number of rotatable bonds is 4. The molecule has 0 bridgehead atoms. The standard InChI is InChI=1S/C16H21NO3/c1-10-8-11-6-4-5-7-12(11)14(10)17-13(18)9-16(2,3)15(19)20/h4-7,10,14H,8-9H2,1-3H3,(H,17,18)(H,19,20)/t10-,14-/m0/s1. The van der Waals surface area contributed by atoms with E-state index in [9.17, 15) is 9.59 Å². The third-order valence-electron chi connectivity index (χ3n) is 4.00. The molecule has 0 spiro atoms. The maximum absolute atomic E-state index is 12.1. The molecule has 0 saturated heterocycles. The lowest BCUT2D eigenvalue weighted by molar-refractivity contribution is -0.149. The minimum absolute atomic E-state index is 0.00623. The average Bonchev–Trinajstić information content (AvgIpc) is 2.65. The molecule has 1 amide bonds. The highest BCUT2D eigenvalue weighted by atomic mass is 16.4. The summed E-state index contributed by atoms with van der Waals surface area (Å²) in [6.07, 6.45) is 0.942. The van der Waals surface area contributed by atoms with Crippen molar-refractivity contribution in [2.45, 2.75) is 39.7 Å². The molecule has 2 N–H and O–H groups in total. The second kappa shape index (κ2) is 5.27. The van der Waals surface area contributed by atoms with Crippen LogP contribution in [0.15, 0.2) is 24.3 Å². The van der Waals surface area contributed by atoms with Gasteiger partial charge in [-0.3, -0.25) is 9.59 Å². The Bertz CT molecular complexity index is 536. The van der Waals surface area contributed by atoms with Crippen molar-refractivity contribution in [3.63, 3.8) is 0 Å². The van der Waals surface area contributed by atoms with Crippen LogP contribution in [0.5, 0.6) is 0 Å². The van der Waals surface area contributed by atoms with Crippen LogP contribution in [-0.2, 0) is 16.0 Å². The summed E-state index contributed by atoms with van der Waals surface area (Å²) < 4.78 is 0. The number of hydrogen-bond acceptors (Lipinski definition) is 2. The topological polar surface area (TPSA) is 66.4 Å². The van der Waals surface area contributed by atoms with E-state index in [1.54, 1.807) is 13.8 Å². The van der Waals surface area contributed by atoms with E-state index >= 15 is 0 Å². The highest BCUT2D eigenvalue weighted by Crippen LogP contribution is 2.36. The molecule has 108 valence electrons. The smallest absolute Gasteiger partial charge is 0.309 e. The Hall–Kier alpha value is -1.84. The van der Waals surface area contributed by atoms with Gasteiger partial charge in [0.05, 0.1) is 11.5 Å². The number of benzene rings is 1. The summed E-state index contributed by atoms with van der Waals surface area (Å²) in [5, 5.41) is 12.1. The molecule has 1 aromatic rings. The predicted octanol–water partition coefficient (Wildman–Crippen LogP) is 2.54. The summed E-state index contributed by atoms with van der Waals surface area (Å²) in [6.45, 7) is 5.25. The average molecular weight is 275 g/mol. The van der Waals surface area contributed by atoms with Crippen molar-refractivity contribution in [2.75, 3.05) is 0 Å². The molecule has 0 unspecified atom stereocenters. The largest absolute Gasteiger partial charge is 0.481 e. The molecule has 20 heavy (non-hydrogen) atoms. The van der Waals surface area contributed by atoms with Crippen LogP contribution in [0, 0.1) is 11.3 Å². The fourth-order valence-electron chi connectivity index (χ4n) is 2.72. The van der Waals surface area contributed by atoms with Gasteiger partial charge in [-0.05, 0) is 37.3 Å². The van der Waals surface area contributed by atoms with Crippen LogP contribution in [0.1, 0.15) is 44.4 Å². The van der Waals surface area contributed by atoms with Crippen molar-refractivity contribution in [3.05, 3.63) is 35.4 Å². The van der Waals surface area contributed by atoms with Crippen molar-refractivity contribution in [1.29, 1.82) is 0 Å². The molecule has 1 aliphatic rings. The van der Waals surface area contributed by atoms with Gasteiger partial charge in [0.15, 0.2) is 0 Å². The van der Waals surface area contributed by atoms with Crippen molar-refractivity contribution in [1.82, 2.24) is 5.32 Å². The lowest BCUT2D eigenvalue weighted by Crippen LogP contribution is -2.36. The van der Waals surface area contributed by atoms with Crippen LogP contribution >= 0.6 is 0 Å². The lowest BCUT2D eigenvalue weighted by Gasteiger charge is -2.23. The fraction of sp³-hybridized carbons (Fsp3) is 0.500. The van der Waals surface area contributed by atoms with Gasteiger partial charge in [0.1, 0.15) is 0 Å². The molecule has 0 radical (unpaired) electrons. The van der Waals surface area contributed by atoms with Crippen LogP contribution in [0.4, 0.5) is 0 Å². The summed E-state index contributed by atoms with van der Waals surface area (Å²) in [7, 11) is 0. The zero-order valence-corrected chi connectivity index (χ0v) is 12.1. The van der Waals surface area contributed by atoms with Gasteiger partial charge in [0.25, 0.3) is 0 Å². The van der Waals surface area contributed by atoms with Crippen LogP contribution in [0.2, 0.25) is 0 Å². The third kappa shape index (κ3) is 2.84. The van der Waals surface area contributed by atoms with Gasteiger partial charge in [-0.15, -0.1) is 0 Å². The Morgan fingerprint density at radius 3 is 2.65 bits per heavy atom. The highest BCUT2D eigenvalue weighted by molar-refractivity contribution is 5.84. The van der Waals surface area contributed by atoms with Gasteiger partial charge in [-0.2, -0.15) is 0 Å². The molecule has 2 rings (SSSR count). The van der Waals surface area contributed by atoms with Crippen molar-refractivity contribution in [3.8, 4) is 0 Å². The third-order valence-corrected chi connectivity index (χ3v) is 4.00. The molecule has 1 aromatic carbocycles. The Labute approximate surface area is 119 Å². The van der Waals surface area contributed by atoms with E-state index < -0.39 is 11.4 Å². The fourth-order valence-corrected chi connectivity index (χ4v) is 2.72. The van der Waals surface area contributed by atoms with Gasteiger partial charge >= 0.3 is 5.97 Å². The van der Waals surface area contributed by atoms with Gasteiger partial charge in [-0.25, -0.2) is 0 Å². The zero-order chi connectivity index (χ0) is 14.9. The number of carbonyl (C=O) groups is 2. The molecule has 1 aliphatic carbocycles. The summed E-state index contributed by atoms with van der Waals surface area (Å²) in [4.78, 5) is 23.2. The minimum Gasteiger partial charge on any atom is -0.481 e. The molecule has 4 heteroatoms. The van der Waals surface area contributed by atoms with E-state index in [0.29, 0.717) is 5.92 Å². The molecule has 2 atom stereocenters. The summed E-state index contributed by atoms with van der Waals surface area (Å²) in [5.74, 6) is -0.817. The lowest BCUT2D eigenvalue weighted by atomic mass is 9.89. The first kappa shape index (κ1) is 14.6. The first-order valence-corrected chi connectivity index (χ1v) is 6.92. The first-order valence-electron chi connectivity index (χ1n) is 6.92. The Morgan fingerprint density at radius 2 is 2.00 bits per heavy atom. The summed E-state index contributed by atoms with van der Waals surface area (Å²) >= 11 is 0. The number of hydrogen-bond donors (Lipinski definition) is 2. The molecule has 0 aromatic heterocycles. The number of carboxylic acids is 1. The van der Waals surface area contributed by atoms with Crippen LogP contribution < -0.4 is 5.32 Å². The number of nitrogens with one attached hydrogen (secondary N) is 1. The number of fused-ring (bicyclic) bond motifs is 1. The molecule has 0 saturated carbocycles. The van der Waals surface area contributed by atoms with Gasteiger partial charge in [0.2, 0.25) is 5.91 Å². The summed E-state index contributed by atoms with van der Waals surface area (Å²) in [6, 6.07) is 8.08. The van der Waals surface area contributed by atoms with Crippen molar-refractivity contribution < 1.29 is 14.7 Å². The van der Waals surface area contributed by atoms with Gasteiger partial charge in [0, 0.05) is 6.42 Å². The molecule has 0 fully saturated rings. The molecular weight excluding hydrogens is 254 g/mol. The second-order valence-electron chi connectivity index (χ2n) is 6.29. The van der Waals surface area contributed by atoms with E-state index in [-0.39, 0.29) is 18.4 Å².